The van der Waals surface area contributed by atoms with Crippen molar-refractivity contribution in [3.8, 4) is 0 Å². The molecule has 2 rings (SSSR count). The Hall–Kier alpha value is -1.24. The fourth-order valence-corrected chi connectivity index (χ4v) is 1.36. The summed E-state index contributed by atoms with van der Waals surface area (Å²) >= 11 is 0. The summed E-state index contributed by atoms with van der Waals surface area (Å²) in [4.78, 5) is 2.35. The Morgan fingerprint density at radius 2 is 2.25 bits per heavy atom. The average molecular weight is 159 g/mol. The second kappa shape index (κ2) is 3.02. The van der Waals surface area contributed by atoms with Crippen LogP contribution in [0.2, 0.25) is 0 Å². The summed E-state index contributed by atoms with van der Waals surface area (Å²) in [5, 5.41) is 0. The summed E-state index contributed by atoms with van der Waals surface area (Å²) in [5.41, 5.74) is 2.71. The molecule has 0 radical (unpaired) electrons. The Labute approximate surface area is 73.3 Å². The molecule has 0 spiro atoms. The van der Waals surface area contributed by atoms with Gasteiger partial charge in [-0.3, -0.25) is 0 Å². The monoisotopic (exact) mass is 159 g/mol. The van der Waals surface area contributed by atoms with E-state index in [9.17, 15) is 0 Å². The molecule has 0 bridgehead atoms. The van der Waals surface area contributed by atoms with Gasteiger partial charge in [0.2, 0.25) is 0 Å². The van der Waals surface area contributed by atoms with Crippen molar-refractivity contribution < 1.29 is 0 Å². The second-order valence-corrected chi connectivity index (χ2v) is 3.15. The molecular formula is C11H13N. The molecule has 62 valence electrons. The van der Waals surface area contributed by atoms with Gasteiger partial charge in [-0.25, -0.2) is 0 Å². The fraction of sp³-hybridized carbons (Fsp3) is 0.273. The Bertz CT molecular complexity index is 287. The topological polar surface area (TPSA) is 3.01 Å². The van der Waals surface area contributed by atoms with Gasteiger partial charge < -0.3 is 4.90 Å². The van der Waals surface area contributed by atoms with Gasteiger partial charge in [-0.15, -0.1) is 6.58 Å². The van der Waals surface area contributed by atoms with Crippen LogP contribution in [-0.2, 0) is 6.42 Å². The summed E-state index contributed by atoms with van der Waals surface area (Å²) in [6.45, 7) is 6.17. The van der Waals surface area contributed by atoms with Crippen molar-refractivity contribution in [1.29, 1.82) is 0 Å². The smallest absolute Gasteiger partial charge is 0.0370 e. The van der Waals surface area contributed by atoms with E-state index in [1.807, 2.05) is 6.08 Å². The van der Waals surface area contributed by atoms with E-state index < -0.39 is 0 Å². The quantitative estimate of drug-likeness (QED) is 0.483. The Morgan fingerprint density at radius 1 is 1.42 bits per heavy atom. The van der Waals surface area contributed by atoms with E-state index in [1.54, 1.807) is 0 Å². The minimum absolute atomic E-state index is 0.974. The molecule has 1 fully saturated rings. The van der Waals surface area contributed by atoms with Crippen molar-refractivity contribution in [3.05, 3.63) is 42.5 Å². The van der Waals surface area contributed by atoms with E-state index in [2.05, 4.69) is 35.7 Å². The normalized spacial score (nSPS) is 14.5. The van der Waals surface area contributed by atoms with Crippen LogP contribution in [0.15, 0.2) is 36.9 Å². The average Bonchev–Trinajstić information content (AvgIpc) is 2.88. The van der Waals surface area contributed by atoms with Gasteiger partial charge >= 0.3 is 0 Å². The van der Waals surface area contributed by atoms with Crippen molar-refractivity contribution in [2.24, 2.45) is 0 Å². The molecule has 12 heavy (non-hydrogen) atoms. The molecule has 0 unspecified atom stereocenters. The summed E-state index contributed by atoms with van der Waals surface area (Å²) in [5.74, 6) is 0. The van der Waals surface area contributed by atoms with Gasteiger partial charge in [0.1, 0.15) is 0 Å². The van der Waals surface area contributed by atoms with Crippen molar-refractivity contribution in [3.63, 3.8) is 0 Å². The van der Waals surface area contributed by atoms with E-state index >= 15 is 0 Å². The van der Waals surface area contributed by atoms with Crippen LogP contribution in [-0.4, -0.2) is 13.1 Å². The molecule has 1 heteroatoms. The molecule has 0 N–H and O–H groups in total. The van der Waals surface area contributed by atoms with E-state index in [4.69, 9.17) is 0 Å². The van der Waals surface area contributed by atoms with Gasteiger partial charge in [-0.2, -0.15) is 0 Å². The first-order chi connectivity index (χ1) is 5.90. The highest BCUT2D eigenvalue weighted by Crippen LogP contribution is 2.21. The fourth-order valence-electron chi connectivity index (χ4n) is 1.36. The number of rotatable bonds is 3. The van der Waals surface area contributed by atoms with Crippen molar-refractivity contribution in [2.45, 2.75) is 6.42 Å². The van der Waals surface area contributed by atoms with Crippen LogP contribution in [0, 0.1) is 0 Å². The third-order valence-corrected chi connectivity index (χ3v) is 2.10. The first-order valence-corrected chi connectivity index (χ1v) is 4.35. The van der Waals surface area contributed by atoms with Crippen LogP contribution in [0.1, 0.15) is 5.56 Å². The second-order valence-electron chi connectivity index (χ2n) is 3.15. The lowest BCUT2D eigenvalue weighted by Gasteiger charge is -2.03. The van der Waals surface area contributed by atoms with Crippen LogP contribution < -0.4 is 4.90 Å². The molecule has 1 aromatic rings. The summed E-state index contributed by atoms with van der Waals surface area (Å²) in [6.07, 6.45) is 2.92. The van der Waals surface area contributed by atoms with Crippen molar-refractivity contribution in [2.75, 3.05) is 18.0 Å². The number of hydrogen-bond acceptors (Lipinski definition) is 1. The van der Waals surface area contributed by atoms with E-state index in [0.29, 0.717) is 0 Å². The van der Waals surface area contributed by atoms with Gasteiger partial charge in [0.05, 0.1) is 0 Å². The molecule has 1 aliphatic rings. The van der Waals surface area contributed by atoms with E-state index in [0.717, 1.165) is 6.42 Å². The third-order valence-electron chi connectivity index (χ3n) is 2.10. The highest BCUT2D eigenvalue weighted by molar-refractivity contribution is 5.53. The lowest BCUT2D eigenvalue weighted by Crippen LogP contribution is -1.91. The van der Waals surface area contributed by atoms with Gasteiger partial charge in [0, 0.05) is 18.8 Å². The van der Waals surface area contributed by atoms with E-state index in [-0.39, 0.29) is 0 Å². The van der Waals surface area contributed by atoms with Crippen LogP contribution in [0.5, 0.6) is 0 Å². The Morgan fingerprint density at radius 3 is 2.92 bits per heavy atom. The lowest BCUT2D eigenvalue weighted by molar-refractivity contribution is 1.26. The first kappa shape index (κ1) is 7.41. The van der Waals surface area contributed by atoms with Crippen molar-refractivity contribution in [1.82, 2.24) is 0 Å². The predicted molar refractivity (Wildman–Crippen MR) is 52.6 cm³/mol. The minimum atomic E-state index is 0.974. The summed E-state index contributed by atoms with van der Waals surface area (Å²) in [7, 11) is 0. The summed E-state index contributed by atoms with van der Waals surface area (Å²) < 4.78 is 0. The molecule has 0 aromatic heterocycles. The van der Waals surface area contributed by atoms with Gasteiger partial charge in [0.25, 0.3) is 0 Å². The largest absolute Gasteiger partial charge is 0.368 e. The molecule has 1 saturated heterocycles. The highest BCUT2D eigenvalue weighted by atomic mass is 15.3. The number of allylic oxidation sites excluding steroid dienone is 1. The molecule has 0 aliphatic carbocycles. The molecule has 0 saturated carbocycles. The zero-order valence-corrected chi connectivity index (χ0v) is 7.16. The maximum absolute atomic E-state index is 3.73. The van der Waals surface area contributed by atoms with Crippen molar-refractivity contribution >= 4 is 5.69 Å². The molecule has 1 nitrogen and oxygen atoms in total. The first-order valence-electron chi connectivity index (χ1n) is 4.35. The Kier molecular flexibility index (Phi) is 1.86. The maximum atomic E-state index is 3.73. The number of hydrogen-bond donors (Lipinski definition) is 0. The standard InChI is InChI=1S/C11H13N/c1-2-4-10-5-3-6-11(9-10)12-7-8-12/h2-3,5-6,9H,1,4,7-8H2. The molecule has 1 aliphatic heterocycles. The molecule has 0 amide bonds. The predicted octanol–water partition coefficient (Wildman–Crippen LogP) is 2.24. The van der Waals surface area contributed by atoms with Crippen LogP contribution in [0.25, 0.3) is 0 Å². The zero-order valence-electron chi connectivity index (χ0n) is 7.16. The highest BCUT2D eigenvalue weighted by Gasteiger charge is 2.17. The molecule has 1 heterocycles. The van der Waals surface area contributed by atoms with Crippen LogP contribution in [0.3, 0.4) is 0 Å². The number of anilines is 1. The zero-order chi connectivity index (χ0) is 8.39. The molecule has 0 atom stereocenters. The number of benzene rings is 1. The SMILES string of the molecule is C=CCc1cccc(N2CC2)c1. The van der Waals surface area contributed by atoms with Crippen LogP contribution in [0.4, 0.5) is 5.69 Å². The molecule has 1 aromatic carbocycles. The summed E-state index contributed by atoms with van der Waals surface area (Å²) in [6, 6.07) is 8.68. The van der Waals surface area contributed by atoms with Gasteiger partial charge in [0.15, 0.2) is 0 Å². The maximum Gasteiger partial charge on any atom is 0.0370 e. The molecular weight excluding hydrogens is 146 g/mol. The van der Waals surface area contributed by atoms with Gasteiger partial charge in [-0.05, 0) is 24.1 Å². The third kappa shape index (κ3) is 1.50. The minimum Gasteiger partial charge on any atom is -0.368 e. The Balaban J connectivity index is 2.20. The van der Waals surface area contributed by atoms with E-state index in [1.165, 1.54) is 24.3 Å². The lowest BCUT2D eigenvalue weighted by atomic mass is 10.1. The van der Waals surface area contributed by atoms with Gasteiger partial charge in [-0.1, -0.05) is 18.2 Å². The van der Waals surface area contributed by atoms with Crippen LogP contribution >= 0.6 is 0 Å². The number of nitrogens with zero attached hydrogens (tertiary/aromatic N) is 1.